The first-order valence-electron chi connectivity index (χ1n) is 11.0. The molecule has 0 spiro atoms. The topological polar surface area (TPSA) is 84.3 Å². The first kappa shape index (κ1) is 21.2. The molecule has 1 saturated carbocycles. The largest absolute Gasteiger partial charge is 0.478 e. The molecule has 31 heavy (non-hydrogen) atoms. The third-order valence-corrected chi connectivity index (χ3v) is 5.78. The Labute approximate surface area is 182 Å². The highest BCUT2D eigenvalue weighted by molar-refractivity contribution is 6.09. The molecule has 4 rings (SSSR count). The predicted molar refractivity (Wildman–Crippen MR) is 123 cm³/mol. The number of anilines is 1. The molecular weight excluding hydrogens is 390 g/mol. The number of nitrogens with zero attached hydrogens (tertiary/aromatic N) is 2. The summed E-state index contributed by atoms with van der Waals surface area (Å²) in [6.45, 7) is 2.66. The molecular formula is C25H29N3O3. The zero-order valence-electron chi connectivity index (χ0n) is 18.1. The van der Waals surface area contributed by atoms with Crippen molar-refractivity contribution >= 4 is 22.4 Å². The SMILES string of the molecule is CCCCOc1ccc(-c2cc3c(NC)c(C(=O)CC4CC4)cnc3cc2CO)cn1. The molecule has 1 fully saturated rings. The number of Topliss-reactive ketones (excluding diaryl/α,β-unsaturated/α-hetero) is 1. The number of aliphatic hydroxyl groups is 1. The van der Waals surface area contributed by atoms with Crippen molar-refractivity contribution in [2.45, 2.75) is 45.6 Å². The van der Waals surface area contributed by atoms with Gasteiger partial charge in [-0.3, -0.25) is 9.78 Å². The summed E-state index contributed by atoms with van der Waals surface area (Å²) >= 11 is 0. The summed E-state index contributed by atoms with van der Waals surface area (Å²) in [4.78, 5) is 21.7. The highest BCUT2D eigenvalue weighted by atomic mass is 16.5. The van der Waals surface area contributed by atoms with E-state index in [1.807, 2.05) is 31.3 Å². The lowest BCUT2D eigenvalue weighted by Gasteiger charge is -2.15. The van der Waals surface area contributed by atoms with E-state index in [1.165, 1.54) is 0 Å². The fourth-order valence-electron chi connectivity index (χ4n) is 3.80. The van der Waals surface area contributed by atoms with Gasteiger partial charge in [0.2, 0.25) is 5.88 Å². The number of benzene rings is 1. The molecule has 3 aromatic rings. The molecule has 2 heterocycles. The van der Waals surface area contributed by atoms with E-state index < -0.39 is 0 Å². The van der Waals surface area contributed by atoms with Gasteiger partial charge < -0.3 is 15.2 Å². The standard InChI is InChI=1S/C25H29N3O3/c1-3-4-9-31-24-8-7-17(13-28-24)19-12-20-22(11-18(19)15-29)27-14-21(25(20)26-2)23(30)10-16-5-6-16/h7-8,11-14,16,29H,3-6,9-10,15H2,1-2H3,(H,26,27). The van der Waals surface area contributed by atoms with Crippen LogP contribution in [0.25, 0.3) is 22.0 Å². The summed E-state index contributed by atoms with van der Waals surface area (Å²) < 4.78 is 5.66. The van der Waals surface area contributed by atoms with Gasteiger partial charge in [0.25, 0.3) is 0 Å². The van der Waals surface area contributed by atoms with Gasteiger partial charge in [0.05, 0.1) is 30.0 Å². The lowest BCUT2D eigenvalue weighted by atomic mass is 9.96. The maximum absolute atomic E-state index is 12.8. The van der Waals surface area contributed by atoms with Gasteiger partial charge in [-0.1, -0.05) is 13.3 Å². The molecule has 2 N–H and O–H groups in total. The van der Waals surface area contributed by atoms with E-state index in [0.717, 1.165) is 59.0 Å². The molecule has 0 atom stereocenters. The molecule has 1 aliphatic carbocycles. The summed E-state index contributed by atoms with van der Waals surface area (Å²) in [6, 6.07) is 7.67. The minimum atomic E-state index is -0.112. The number of nitrogens with one attached hydrogen (secondary N) is 1. The Morgan fingerprint density at radius 3 is 2.71 bits per heavy atom. The van der Waals surface area contributed by atoms with Crippen LogP contribution >= 0.6 is 0 Å². The first-order valence-corrected chi connectivity index (χ1v) is 11.0. The number of carbonyl (C=O) groups is 1. The number of hydrogen-bond acceptors (Lipinski definition) is 6. The number of pyridine rings is 2. The normalized spacial score (nSPS) is 13.4. The van der Waals surface area contributed by atoms with Gasteiger partial charge in [-0.25, -0.2) is 4.98 Å². The number of aliphatic hydroxyl groups excluding tert-OH is 1. The molecule has 1 aliphatic rings. The number of hydrogen-bond donors (Lipinski definition) is 2. The van der Waals surface area contributed by atoms with Gasteiger partial charge in [-0.15, -0.1) is 0 Å². The fourth-order valence-corrected chi connectivity index (χ4v) is 3.80. The Kier molecular flexibility index (Phi) is 6.47. The third-order valence-electron chi connectivity index (χ3n) is 5.78. The number of ketones is 1. The Morgan fingerprint density at radius 1 is 1.23 bits per heavy atom. The molecule has 6 heteroatoms. The smallest absolute Gasteiger partial charge is 0.213 e. The fraction of sp³-hybridized carbons (Fsp3) is 0.400. The van der Waals surface area contributed by atoms with E-state index in [0.29, 0.717) is 30.4 Å². The predicted octanol–water partition coefficient (Wildman–Crippen LogP) is 4.99. The van der Waals surface area contributed by atoms with E-state index in [9.17, 15) is 9.90 Å². The number of aromatic nitrogens is 2. The summed E-state index contributed by atoms with van der Waals surface area (Å²) in [5.41, 5.74) is 4.67. The molecule has 0 bridgehead atoms. The highest BCUT2D eigenvalue weighted by Gasteiger charge is 2.26. The maximum atomic E-state index is 12.8. The summed E-state index contributed by atoms with van der Waals surface area (Å²) in [5, 5.41) is 14.0. The van der Waals surface area contributed by atoms with Crippen molar-refractivity contribution in [1.82, 2.24) is 9.97 Å². The molecule has 2 aromatic heterocycles. The summed E-state index contributed by atoms with van der Waals surface area (Å²) in [5.74, 6) is 1.24. The number of carbonyl (C=O) groups excluding carboxylic acids is 1. The van der Waals surface area contributed by atoms with Crippen LogP contribution in [0, 0.1) is 5.92 Å². The second kappa shape index (κ2) is 9.43. The van der Waals surface area contributed by atoms with Gasteiger partial charge >= 0.3 is 0 Å². The molecule has 0 unspecified atom stereocenters. The van der Waals surface area contributed by atoms with Gasteiger partial charge in [0.15, 0.2) is 5.78 Å². The minimum absolute atomic E-state index is 0.112. The van der Waals surface area contributed by atoms with Crippen LogP contribution in [-0.2, 0) is 6.61 Å². The zero-order valence-corrected chi connectivity index (χ0v) is 18.1. The van der Waals surface area contributed by atoms with Crippen LogP contribution in [0.1, 0.15) is 54.9 Å². The van der Waals surface area contributed by atoms with Gasteiger partial charge in [0.1, 0.15) is 0 Å². The van der Waals surface area contributed by atoms with Crippen molar-refractivity contribution < 1.29 is 14.6 Å². The molecule has 0 saturated heterocycles. The molecule has 0 amide bonds. The van der Waals surface area contributed by atoms with Crippen molar-refractivity contribution in [1.29, 1.82) is 0 Å². The lowest BCUT2D eigenvalue weighted by molar-refractivity contribution is 0.0976. The lowest BCUT2D eigenvalue weighted by Crippen LogP contribution is -2.07. The van der Waals surface area contributed by atoms with Gasteiger partial charge in [-0.05, 0) is 54.5 Å². The molecule has 162 valence electrons. The van der Waals surface area contributed by atoms with Gasteiger partial charge in [0, 0.05) is 42.9 Å². The Bertz CT molecular complexity index is 1080. The van der Waals surface area contributed by atoms with Crippen molar-refractivity contribution in [3.8, 4) is 17.0 Å². The van der Waals surface area contributed by atoms with Crippen LogP contribution in [0.2, 0.25) is 0 Å². The number of ether oxygens (including phenoxy) is 1. The number of rotatable bonds is 10. The highest BCUT2D eigenvalue weighted by Crippen LogP contribution is 2.37. The van der Waals surface area contributed by atoms with Gasteiger partial charge in [-0.2, -0.15) is 0 Å². The van der Waals surface area contributed by atoms with E-state index in [4.69, 9.17) is 4.74 Å². The summed E-state index contributed by atoms with van der Waals surface area (Å²) in [7, 11) is 1.83. The van der Waals surface area contributed by atoms with Crippen molar-refractivity contribution in [3.63, 3.8) is 0 Å². The van der Waals surface area contributed by atoms with Crippen molar-refractivity contribution in [2.24, 2.45) is 5.92 Å². The Balaban J connectivity index is 1.73. The van der Waals surface area contributed by atoms with Crippen molar-refractivity contribution in [2.75, 3.05) is 19.0 Å². The zero-order chi connectivity index (χ0) is 21.8. The average Bonchev–Trinajstić information content (AvgIpc) is 3.62. The molecule has 1 aromatic carbocycles. The van der Waals surface area contributed by atoms with Crippen LogP contribution in [0.3, 0.4) is 0 Å². The minimum Gasteiger partial charge on any atom is -0.478 e. The Morgan fingerprint density at radius 2 is 2.06 bits per heavy atom. The second-order valence-corrected chi connectivity index (χ2v) is 8.14. The van der Waals surface area contributed by atoms with Crippen LogP contribution in [0.5, 0.6) is 5.88 Å². The summed E-state index contributed by atoms with van der Waals surface area (Å²) in [6.07, 6.45) is 8.33. The van der Waals surface area contributed by atoms with Crippen LogP contribution in [0.4, 0.5) is 5.69 Å². The van der Waals surface area contributed by atoms with Crippen molar-refractivity contribution in [3.05, 3.63) is 47.8 Å². The number of fused-ring (bicyclic) bond motifs is 1. The molecule has 0 radical (unpaired) electrons. The molecule has 6 nitrogen and oxygen atoms in total. The van der Waals surface area contributed by atoms with E-state index in [2.05, 4.69) is 22.2 Å². The van der Waals surface area contributed by atoms with E-state index in [1.54, 1.807) is 12.4 Å². The van der Waals surface area contributed by atoms with E-state index >= 15 is 0 Å². The monoisotopic (exact) mass is 419 g/mol. The Hall–Kier alpha value is -2.99. The second-order valence-electron chi connectivity index (χ2n) is 8.14. The maximum Gasteiger partial charge on any atom is 0.213 e. The average molecular weight is 420 g/mol. The molecule has 0 aliphatic heterocycles. The van der Waals surface area contributed by atoms with Crippen LogP contribution in [-0.4, -0.2) is 34.5 Å². The number of unbranched alkanes of at least 4 members (excludes halogenated alkanes) is 1. The third kappa shape index (κ3) is 4.69. The van der Waals surface area contributed by atoms with Crippen LogP contribution < -0.4 is 10.1 Å². The van der Waals surface area contributed by atoms with Crippen LogP contribution in [0.15, 0.2) is 36.7 Å². The first-order chi connectivity index (χ1) is 15.1. The van der Waals surface area contributed by atoms with E-state index in [-0.39, 0.29) is 12.4 Å². The quantitative estimate of drug-likeness (QED) is 0.356.